The SMILES string of the molecule is O=C(Nc1ccc(F)cc1F)c1c[nH]c2c1-c1ncccc1CCC2. The molecule has 6 heteroatoms. The number of nitrogens with zero attached hydrogens (tertiary/aromatic N) is 1. The molecule has 0 spiro atoms. The molecule has 2 heterocycles. The minimum atomic E-state index is -0.812. The molecule has 0 saturated carbocycles. The van der Waals surface area contributed by atoms with Gasteiger partial charge in [-0.15, -0.1) is 0 Å². The van der Waals surface area contributed by atoms with Gasteiger partial charge in [-0.05, 0) is 43.0 Å². The van der Waals surface area contributed by atoms with Crippen molar-refractivity contribution in [2.75, 3.05) is 5.32 Å². The van der Waals surface area contributed by atoms with Gasteiger partial charge in [0.25, 0.3) is 5.91 Å². The predicted octanol–water partition coefficient (Wildman–Crippen LogP) is 4.10. The summed E-state index contributed by atoms with van der Waals surface area (Å²) in [5.74, 6) is -1.96. The second kappa shape index (κ2) is 6.12. The van der Waals surface area contributed by atoms with Crippen LogP contribution in [0.25, 0.3) is 11.3 Å². The number of fused-ring (bicyclic) bond motifs is 3. The van der Waals surface area contributed by atoms with E-state index in [-0.39, 0.29) is 5.69 Å². The summed E-state index contributed by atoms with van der Waals surface area (Å²) in [5, 5.41) is 2.51. The van der Waals surface area contributed by atoms with Crippen LogP contribution in [0.2, 0.25) is 0 Å². The number of aromatic nitrogens is 2. The Morgan fingerprint density at radius 3 is 2.92 bits per heavy atom. The molecule has 1 amide bonds. The maximum Gasteiger partial charge on any atom is 0.257 e. The van der Waals surface area contributed by atoms with Crippen molar-refractivity contribution >= 4 is 11.6 Å². The fourth-order valence-electron chi connectivity index (χ4n) is 3.21. The Bertz CT molecular complexity index is 965. The van der Waals surface area contributed by atoms with Crippen LogP contribution < -0.4 is 5.32 Å². The number of amides is 1. The first-order chi connectivity index (χ1) is 12.1. The second-order valence-corrected chi connectivity index (χ2v) is 6.00. The van der Waals surface area contributed by atoms with Crippen molar-refractivity contribution in [2.45, 2.75) is 19.3 Å². The Balaban J connectivity index is 1.74. The van der Waals surface area contributed by atoms with E-state index in [1.165, 1.54) is 6.07 Å². The van der Waals surface area contributed by atoms with Crippen molar-refractivity contribution in [3.05, 3.63) is 71.2 Å². The minimum Gasteiger partial charge on any atom is -0.364 e. The van der Waals surface area contributed by atoms with Crippen LogP contribution in [0.15, 0.2) is 42.7 Å². The summed E-state index contributed by atoms with van der Waals surface area (Å²) in [6.45, 7) is 0. The van der Waals surface area contributed by atoms with Crippen molar-refractivity contribution in [1.82, 2.24) is 9.97 Å². The molecule has 1 aliphatic rings. The third-order valence-corrected chi connectivity index (χ3v) is 4.39. The molecule has 0 fully saturated rings. The smallest absolute Gasteiger partial charge is 0.257 e. The first-order valence-corrected chi connectivity index (χ1v) is 8.04. The number of rotatable bonds is 2. The second-order valence-electron chi connectivity index (χ2n) is 6.00. The molecule has 4 nitrogen and oxygen atoms in total. The number of benzene rings is 1. The zero-order valence-corrected chi connectivity index (χ0v) is 13.3. The van der Waals surface area contributed by atoms with E-state index in [2.05, 4.69) is 15.3 Å². The Hall–Kier alpha value is -3.02. The maximum absolute atomic E-state index is 13.8. The zero-order chi connectivity index (χ0) is 17.4. The van der Waals surface area contributed by atoms with Crippen molar-refractivity contribution in [3.8, 4) is 11.3 Å². The van der Waals surface area contributed by atoms with Gasteiger partial charge in [-0.25, -0.2) is 8.78 Å². The van der Waals surface area contributed by atoms with Crippen LogP contribution in [-0.4, -0.2) is 15.9 Å². The van der Waals surface area contributed by atoms with Crippen LogP contribution in [0.4, 0.5) is 14.5 Å². The lowest BCUT2D eigenvalue weighted by molar-refractivity contribution is 0.102. The summed E-state index contributed by atoms with van der Waals surface area (Å²) in [4.78, 5) is 20.3. The molecule has 1 aromatic carbocycles. The lowest BCUT2D eigenvalue weighted by Crippen LogP contribution is -2.13. The lowest BCUT2D eigenvalue weighted by Gasteiger charge is -2.09. The summed E-state index contributed by atoms with van der Waals surface area (Å²) in [6.07, 6.45) is 5.97. The number of pyridine rings is 1. The number of halogens is 2. The molecule has 0 atom stereocenters. The minimum absolute atomic E-state index is 0.0591. The first kappa shape index (κ1) is 15.5. The van der Waals surface area contributed by atoms with E-state index in [4.69, 9.17) is 0 Å². The third-order valence-electron chi connectivity index (χ3n) is 4.39. The summed E-state index contributed by atoms with van der Waals surface area (Å²) < 4.78 is 26.8. The largest absolute Gasteiger partial charge is 0.364 e. The van der Waals surface area contributed by atoms with Gasteiger partial charge in [0, 0.05) is 29.7 Å². The molecule has 2 aromatic heterocycles. The fourth-order valence-corrected chi connectivity index (χ4v) is 3.21. The van der Waals surface area contributed by atoms with Crippen molar-refractivity contribution in [1.29, 1.82) is 0 Å². The van der Waals surface area contributed by atoms with Gasteiger partial charge < -0.3 is 10.3 Å². The standard InChI is InChI=1S/C19H15F2N3O/c20-12-6-7-15(14(21)9-12)24-19(25)13-10-23-16-5-1-3-11-4-2-8-22-18(11)17(13)16/h2,4,6-10,23H,1,3,5H2,(H,24,25). The molecule has 25 heavy (non-hydrogen) atoms. The molecular weight excluding hydrogens is 324 g/mol. The fraction of sp³-hybridized carbons (Fsp3) is 0.158. The number of carbonyl (C=O) groups excluding carboxylic acids is 1. The normalized spacial score (nSPS) is 12.9. The van der Waals surface area contributed by atoms with Crippen LogP contribution in [-0.2, 0) is 12.8 Å². The monoisotopic (exact) mass is 339 g/mol. The van der Waals surface area contributed by atoms with E-state index >= 15 is 0 Å². The summed E-state index contributed by atoms with van der Waals surface area (Å²) in [5.41, 5.74) is 3.91. The number of anilines is 1. The number of carbonyl (C=O) groups is 1. The summed E-state index contributed by atoms with van der Waals surface area (Å²) in [6, 6.07) is 6.94. The van der Waals surface area contributed by atoms with Crippen molar-refractivity contribution < 1.29 is 13.6 Å². The number of H-pyrrole nitrogens is 1. The molecule has 0 radical (unpaired) electrons. The molecule has 0 saturated heterocycles. The molecule has 2 N–H and O–H groups in total. The van der Waals surface area contributed by atoms with Crippen molar-refractivity contribution in [3.63, 3.8) is 0 Å². The number of nitrogens with one attached hydrogen (secondary N) is 2. The highest BCUT2D eigenvalue weighted by Crippen LogP contribution is 2.33. The Kier molecular flexibility index (Phi) is 3.80. The molecule has 126 valence electrons. The average Bonchev–Trinajstić information content (AvgIpc) is 2.93. The van der Waals surface area contributed by atoms with Crippen LogP contribution in [0.5, 0.6) is 0 Å². The van der Waals surface area contributed by atoms with Crippen LogP contribution in [0.1, 0.15) is 28.0 Å². The predicted molar refractivity (Wildman–Crippen MR) is 90.4 cm³/mol. The van der Waals surface area contributed by atoms with Gasteiger partial charge in [0.05, 0.1) is 16.9 Å². The van der Waals surface area contributed by atoms with Gasteiger partial charge in [0.1, 0.15) is 11.6 Å². The van der Waals surface area contributed by atoms with Gasteiger partial charge in [0.2, 0.25) is 0 Å². The van der Waals surface area contributed by atoms with E-state index < -0.39 is 17.5 Å². The molecule has 1 aliphatic carbocycles. The van der Waals surface area contributed by atoms with Gasteiger partial charge >= 0.3 is 0 Å². The quantitative estimate of drug-likeness (QED) is 0.739. The highest BCUT2D eigenvalue weighted by molar-refractivity contribution is 6.09. The third kappa shape index (κ3) is 2.80. The average molecular weight is 339 g/mol. The Morgan fingerprint density at radius 2 is 2.08 bits per heavy atom. The van der Waals surface area contributed by atoms with Gasteiger partial charge in [-0.3, -0.25) is 9.78 Å². The maximum atomic E-state index is 13.8. The lowest BCUT2D eigenvalue weighted by atomic mass is 10.0. The van der Waals surface area contributed by atoms with Crippen LogP contribution in [0, 0.1) is 11.6 Å². The zero-order valence-electron chi connectivity index (χ0n) is 13.3. The van der Waals surface area contributed by atoms with Gasteiger partial charge in [-0.1, -0.05) is 6.07 Å². The highest BCUT2D eigenvalue weighted by atomic mass is 19.1. The van der Waals surface area contributed by atoms with Crippen LogP contribution in [0.3, 0.4) is 0 Å². The highest BCUT2D eigenvalue weighted by Gasteiger charge is 2.24. The van der Waals surface area contributed by atoms with E-state index in [0.29, 0.717) is 5.56 Å². The molecule has 3 aromatic rings. The van der Waals surface area contributed by atoms with Crippen LogP contribution >= 0.6 is 0 Å². The van der Waals surface area contributed by atoms with Gasteiger partial charge in [-0.2, -0.15) is 0 Å². The number of aromatic amines is 1. The molecular formula is C19H15F2N3O. The molecule has 0 aliphatic heterocycles. The van der Waals surface area contributed by atoms with E-state index in [1.54, 1.807) is 12.4 Å². The molecule has 0 unspecified atom stereocenters. The summed E-state index contributed by atoms with van der Waals surface area (Å²) >= 11 is 0. The van der Waals surface area contributed by atoms with E-state index in [1.807, 2.05) is 12.1 Å². The van der Waals surface area contributed by atoms with Crippen molar-refractivity contribution in [2.24, 2.45) is 0 Å². The summed E-state index contributed by atoms with van der Waals surface area (Å²) in [7, 11) is 0. The molecule has 4 rings (SSSR count). The first-order valence-electron chi connectivity index (χ1n) is 8.04. The number of hydrogen-bond donors (Lipinski definition) is 2. The Morgan fingerprint density at radius 1 is 1.20 bits per heavy atom. The topological polar surface area (TPSA) is 57.8 Å². The number of aryl methyl sites for hydroxylation is 2. The molecule has 0 bridgehead atoms. The Labute approximate surface area is 142 Å². The van der Waals surface area contributed by atoms with E-state index in [0.717, 1.165) is 53.9 Å². The van der Waals surface area contributed by atoms with Gasteiger partial charge in [0.15, 0.2) is 0 Å². The van der Waals surface area contributed by atoms with E-state index in [9.17, 15) is 13.6 Å². The number of hydrogen-bond acceptors (Lipinski definition) is 2.